The Kier molecular flexibility index (Phi) is 8.58. The van der Waals surface area contributed by atoms with Crippen LogP contribution in [-0.4, -0.2) is 19.1 Å². The number of hydrogen-bond acceptors (Lipinski definition) is 3. The standard InChI is InChI=1S/C21H25BrFNO3/c1-3-5-12-27-19-10-6-15(13-20(19)26-4-2)7-11-21(25)24-18-9-8-16(22)14-17(18)23/h6,8-10,13-14H,3-5,7,11-12H2,1-2H3,(H,24,25). The van der Waals surface area contributed by atoms with E-state index in [0.29, 0.717) is 29.9 Å². The Morgan fingerprint density at radius 2 is 1.93 bits per heavy atom. The summed E-state index contributed by atoms with van der Waals surface area (Å²) < 4.78 is 25.9. The lowest BCUT2D eigenvalue weighted by Crippen LogP contribution is -2.13. The quantitative estimate of drug-likeness (QED) is 0.482. The predicted molar refractivity (Wildman–Crippen MR) is 109 cm³/mol. The monoisotopic (exact) mass is 437 g/mol. The molecule has 0 atom stereocenters. The number of anilines is 1. The average Bonchev–Trinajstić information content (AvgIpc) is 2.64. The number of ether oxygens (including phenoxy) is 2. The number of carbonyl (C=O) groups excluding carboxylic acids is 1. The van der Waals surface area contributed by atoms with Crippen LogP contribution in [0, 0.1) is 5.82 Å². The van der Waals surface area contributed by atoms with Gasteiger partial charge in [0, 0.05) is 10.9 Å². The maximum Gasteiger partial charge on any atom is 0.224 e. The van der Waals surface area contributed by atoms with Crippen LogP contribution < -0.4 is 14.8 Å². The van der Waals surface area contributed by atoms with Gasteiger partial charge in [0.05, 0.1) is 18.9 Å². The van der Waals surface area contributed by atoms with E-state index in [4.69, 9.17) is 9.47 Å². The minimum absolute atomic E-state index is 0.179. The first-order chi connectivity index (χ1) is 13.0. The lowest BCUT2D eigenvalue weighted by molar-refractivity contribution is -0.116. The maximum atomic E-state index is 13.8. The van der Waals surface area contributed by atoms with Crippen molar-refractivity contribution in [3.8, 4) is 11.5 Å². The first-order valence-corrected chi connectivity index (χ1v) is 9.96. The van der Waals surface area contributed by atoms with Crippen LogP contribution in [0.4, 0.5) is 10.1 Å². The zero-order chi connectivity index (χ0) is 19.6. The highest BCUT2D eigenvalue weighted by molar-refractivity contribution is 9.10. The number of aryl methyl sites for hydroxylation is 1. The fourth-order valence-corrected chi connectivity index (χ4v) is 2.82. The summed E-state index contributed by atoms with van der Waals surface area (Å²) in [7, 11) is 0. The Hall–Kier alpha value is -2.08. The van der Waals surface area contributed by atoms with E-state index in [1.54, 1.807) is 6.07 Å². The van der Waals surface area contributed by atoms with E-state index in [9.17, 15) is 9.18 Å². The largest absolute Gasteiger partial charge is 0.490 e. The topological polar surface area (TPSA) is 47.6 Å². The van der Waals surface area contributed by atoms with Gasteiger partial charge >= 0.3 is 0 Å². The maximum absolute atomic E-state index is 13.8. The zero-order valence-electron chi connectivity index (χ0n) is 15.7. The summed E-state index contributed by atoms with van der Waals surface area (Å²) in [5.41, 5.74) is 1.14. The van der Waals surface area contributed by atoms with E-state index in [2.05, 4.69) is 28.2 Å². The molecule has 0 heterocycles. The molecule has 0 aliphatic heterocycles. The Morgan fingerprint density at radius 3 is 2.63 bits per heavy atom. The number of unbranched alkanes of at least 4 members (excludes halogenated alkanes) is 1. The van der Waals surface area contributed by atoms with Gasteiger partial charge in [-0.15, -0.1) is 0 Å². The number of benzene rings is 2. The van der Waals surface area contributed by atoms with E-state index in [0.717, 1.165) is 24.2 Å². The number of rotatable bonds is 10. The molecule has 0 unspecified atom stereocenters. The van der Waals surface area contributed by atoms with Crippen LogP contribution in [0.25, 0.3) is 0 Å². The van der Waals surface area contributed by atoms with Crippen molar-refractivity contribution < 1.29 is 18.7 Å². The first-order valence-electron chi connectivity index (χ1n) is 9.17. The Balaban J connectivity index is 1.95. The van der Waals surface area contributed by atoms with Gasteiger partial charge in [0.15, 0.2) is 11.5 Å². The van der Waals surface area contributed by atoms with Gasteiger partial charge in [-0.1, -0.05) is 35.3 Å². The van der Waals surface area contributed by atoms with Crippen molar-refractivity contribution in [2.75, 3.05) is 18.5 Å². The minimum Gasteiger partial charge on any atom is -0.490 e. The zero-order valence-corrected chi connectivity index (χ0v) is 17.3. The summed E-state index contributed by atoms with van der Waals surface area (Å²) in [5, 5.41) is 2.60. The molecular weight excluding hydrogens is 413 g/mol. The summed E-state index contributed by atoms with van der Waals surface area (Å²) in [6, 6.07) is 10.2. The molecule has 0 bridgehead atoms. The molecule has 0 radical (unpaired) electrons. The highest BCUT2D eigenvalue weighted by Crippen LogP contribution is 2.29. The molecule has 0 aromatic heterocycles. The molecule has 0 aliphatic carbocycles. The third-order valence-corrected chi connectivity index (χ3v) is 4.40. The van der Waals surface area contributed by atoms with Crippen molar-refractivity contribution in [1.29, 1.82) is 0 Å². The van der Waals surface area contributed by atoms with E-state index in [1.807, 2.05) is 25.1 Å². The normalized spacial score (nSPS) is 10.5. The van der Waals surface area contributed by atoms with Crippen LogP contribution in [0.5, 0.6) is 11.5 Å². The molecule has 0 fully saturated rings. The molecule has 0 spiro atoms. The fourth-order valence-electron chi connectivity index (χ4n) is 2.48. The Bertz CT molecular complexity index is 767. The second kappa shape index (κ2) is 10.9. The van der Waals surface area contributed by atoms with E-state index in [1.165, 1.54) is 12.1 Å². The lowest BCUT2D eigenvalue weighted by atomic mass is 10.1. The van der Waals surface area contributed by atoms with Crippen LogP contribution in [-0.2, 0) is 11.2 Å². The molecule has 2 aromatic carbocycles. The number of carbonyl (C=O) groups is 1. The molecule has 0 aliphatic rings. The van der Waals surface area contributed by atoms with E-state index < -0.39 is 5.82 Å². The van der Waals surface area contributed by atoms with Gasteiger partial charge in [-0.05, 0) is 55.7 Å². The SMILES string of the molecule is CCCCOc1ccc(CCC(=O)Nc2ccc(Br)cc2F)cc1OCC. The van der Waals surface area contributed by atoms with Crippen molar-refractivity contribution in [3.63, 3.8) is 0 Å². The fraction of sp³-hybridized carbons (Fsp3) is 0.381. The van der Waals surface area contributed by atoms with Crippen LogP contribution >= 0.6 is 15.9 Å². The molecular formula is C21H25BrFNO3. The molecule has 27 heavy (non-hydrogen) atoms. The molecule has 0 saturated heterocycles. The Labute approximate surface area is 168 Å². The van der Waals surface area contributed by atoms with Crippen molar-refractivity contribution in [1.82, 2.24) is 0 Å². The second-order valence-corrected chi connectivity index (χ2v) is 7.00. The molecule has 2 rings (SSSR count). The Morgan fingerprint density at radius 1 is 1.11 bits per heavy atom. The third kappa shape index (κ3) is 6.86. The molecule has 6 heteroatoms. The lowest BCUT2D eigenvalue weighted by Gasteiger charge is -2.13. The van der Waals surface area contributed by atoms with Crippen molar-refractivity contribution >= 4 is 27.5 Å². The van der Waals surface area contributed by atoms with Gasteiger partial charge in [0.25, 0.3) is 0 Å². The smallest absolute Gasteiger partial charge is 0.224 e. The number of amides is 1. The summed E-state index contributed by atoms with van der Waals surface area (Å²) >= 11 is 3.19. The molecule has 1 N–H and O–H groups in total. The summed E-state index contributed by atoms with van der Waals surface area (Å²) in [4.78, 5) is 12.1. The van der Waals surface area contributed by atoms with E-state index in [-0.39, 0.29) is 18.0 Å². The van der Waals surface area contributed by atoms with Crippen molar-refractivity contribution in [2.24, 2.45) is 0 Å². The van der Waals surface area contributed by atoms with Gasteiger partial charge in [-0.2, -0.15) is 0 Å². The van der Waals surface area contributed by atoms with Crippen LogP contribution in [0.1, 0.15) is 38.7 Å². The molecule has 1 amide bonds. The molecule has 146 valence electrons. The predicted octanol–water partition coefficient (Wildman–Crippen LogP) is 5.74. The first kappa shape index (κ1) is 21.2. The number of hydrogen-bond donors (Lipinski definition) is 1. The van der Waals surface area contributed by atoms with Gasteiger partial charge in [-0.25, -0.2) is 4.39 Å². The highest BCUT2D eigenvalue weighted by atomic mass is 79.9. The summed E-state index contributed by atoms with van der Waals surface area (Å²) in [6.07, 6.45) is 2.83. The van der Waals surface area contributed by atoms with Gasteiger partial charge in [0.1, 0.15) is 5.82 Å². The minimum atomic E-state index is -0.468. The number of nitrogens with one attached hydrogen (secondary N) is 1. The van der Waals surface area contributed by atoms with Crippen LogP contribution in [0.15, 0.2) is 40.9 Å². The summed E-state index contributed by atoms with van der Waals surface area (Å²) in [5.74, 6) is 0.697. The van der Waals surface area contributed by atoms with Crippen LogP contribution in [0.2, 0.25) is 0 Å². The second-order valence-electron chi connectivity index (χ2n) is 6.09. The van der Waals surface area contributed by atoms with Gasteiger partial charge < -0.3 is 14.8 Å². The third-order valence-electron chi connectivity index (χ3n) is 3.91. The number of halogens is 2. The highest BCUT2D eigenvalue weighted by Gasteiger charge is 2.10. The molecule has 2 aromatic rings. The van der Waals surface area contributed by atoms with Crippen molar-refractivity contribution in [3.05, 3.63) is 52.3 Å². The molecule has 4 nitrogen and oxygen atoms in total. The van der Waals surface area contributed by atoms with Gasteiger partial charge in [-0.3, -0.25) is 4.79 Å². The van der Waals surface area contributed by atoms with Gasteiger partial charge in [0.2, 0.25) is 5.91 Å². The van der Waals surface area contributed by atoms with Crippen LogP contribution in [0.3, 0.4) is 0 Å². The van der Waals surface area contributed by atoms with E-state index >= 15 is 0 Å². The van der Waals surface area contributed by atoms with Crippen molar-refractivity contribution in [2.45, 2.75) is 39.5 Å². The summed E-state index contributed by atoms with van der Waals surface area (Å²) in [6.45, 7) is 5.22. The average molecular weight is 438 g/mol. The molecule has 0 saturated carbocycles.